The minimum atomic E-state index is 0.403. The summed E-state index contributed by atoms with van der Waals surface area (Å²) in [6.45, 7) is 7.71. The monoisotopic (exact) mass is 267 g/mol. The Bertz CT molecular complexity index is 499. The summed E-state index contributed by atoms with van der Waals surface area (Å²) >= 11 is 0. The van der Waals surface area contributed by atoms with E-state index in [4.69, 9.17) is 0 Å². The van der Waals surface area contributed by atoms with Crippen LogP contribution in [0.2, 0.25) is 0 Å². The van der Waals surface area contributed by atoms with Gasteiger partial charge in [-0.15, -0.1) is 0 Å². The third kappa shape index (κ3) is 4.21. The molecule has 1 unspecified atom stereocenters. The molecule has 1 N–H and O–H groups in total. The highest BCUT2D eigenvalue weighted by atomic mass is 14.9. The third-order valence-electron chi connectivity index (χ3n) is 3.81. The molecule has 0 aliphatic rings. The normalized spacial score (nSPS) is 12.6. The molecule has 0 saturated heterocycles. The van der Waals surface area contributed by atoms with Crippen LogP contribution in [0.5, 0.6) is 0 Å². The summed E-state index contributed by atoms with van der Waals surface area (Å²) in [6, 6.07) is 20.0. The highest BCUT2D eigenvalue weighted by Gasteiger charge is 2.05. The topological polar surface area (TPSA) is 12.0 Å². The van der Waals surface area contributed by atoms with Crippen LogP contribution in [0.3, 0.4) is 0 Å². The van der Waals surface area contributed by atoms with Gasteiger partial charge in [0.05, 0.1) is 0 Å². The summed E-state index contributed by atoms with van der Waals surface area (Å²) in [5, 5.41) is 3.60. The van der Waals surface area contributed by atoms with Crippen LogP contribution < -0.4 is 5.32 Å². The fourth-order valence-electron chi connectivity index (χ4n) is 2.37. The number of rotatable bonds is 6. The van der Waals surface area contributed by atoms with Gasteiger partial charge in [-0.1, -0.05) is 68.4 Å². The minimum Gasteiger partial charge on any atom is -0.310 e. The van der Waals surface area contributed by atoms with Gasteiger partial charge in [0.1, 0.15) is 0 Å². The Labute approximate surface area is 123 Å². The number of hydrogen-bond donors (Lipinski definition) is 1. The largest absolute Gasteiger partial charge is 0.310 e. The van der Waals surface area contributed by atoms with Crippen LogP contribution in [0.25, 0.3) is 0 Å². The minimum absolute atomic E-state index is 0.403. The summed E-state index contributed by atoms with van der Waals surface area (Å²) in [4.78, 5) is 0. The SMILES string of the molecule is CC(C)c1ccc(C(C)NCCc2ccccc2)cc1. The van der Waals surface area contributed by atoms with Crippen molar-refractivity contribution in [1.29, 1.82) is 0 Å². The van der Waals surface area contributed by atoms with Gasteiger partial charge in [-0.2, -0.15) is 0 Å². The molecule has 0 fully saturated rings. The third-order valence-corrected chi connectivity index (χ3v) is 3.81. The van der Waals surface area contributed by atoms with Crippen LogP contribution >= 0.6 is 0 Å². The van der Waals surface area contributed by atoms with E-state index in [1.54, 1.807) is 0 Å². The summed E-state index contributed by atoms with van der Waals surface area (Å²) in [5.74, 6) is 0.602. The van der Waals surface area contributed by atoms with E-state index >= 15 is 0 Å². The second-order valence-corrected chi connectivity index (χ2v) is 5.73. The number of hydrogen-bond acceptors (Lipinski definition) is 1. The lowest BCUT2D eigenvalue weighted by Gasteiger charge is -2.15. The van der Waals surface area contributed by atoms with Crippen molar-refractivity contribution in [3.8, 4) is 0 Å². The second-order valence-electron chi connectivity index (χ2n) is 5.73. The van der Waals surface area contributed by atoms with Gasteiger partial charge in [0, 0.05) is 6.04 Å². The molecule has 1 atom stereocenters. The molecule has 106 valence electrons. The van der Waals surface area contributed by atoms with E-state index in [9.17, 15) is 0 Å². The van der Waals surface area contributed by atoms with Crippen molar-refractivity contribution >= 4 is 0 Å². The van der Waals surface area contributed by atoms with Crippen molar-refractivity contribution in [3.05, 3.63) is 71.3 Å². The second kappa shape index (κ2) is 7.25. The zero-order valence-electron chi connectivity index (χ0n) is 12.8. The van der Waals surface area contributed by atoms with Crippen LogP contribution in [0, 0.1) is 0 Å². The molecule has 1 heteroatoms. The summed E-state index contributed by atoms with van der Waals surface area (Å²) < 4.78 is 0. The van der Waals surface area contributed by atoms with Crippen molar-refractivity contribution in [2.24, 2.45) is 0 Å². The van der Waals surface area contributed by atoms with E-state index in [-0.39, 0.29) is 0 Å². The lowest BCUT2D eigenvalue weighted by Crippen LogP contribution is -2.21. The van der Waals surface area contributed by atoms with Gasteiger partial charge in [-0.05, 0) is 42.5 Å². The van der Waals surface area contributed by atoms with Gasteiger partial charge in [0.2, 0.25) is 0 Å². The molecule has 1 nitrogen and oxygen atoms in total. The van der Waals surface area contributed by atoms with E-state index in [2.05, 4.69) is 80.7 Å². The van der Waals surface area contributed by atoms with E-state index < -0.39 is 0 Å². The Hall–Kier alpha value is -1.60. The standard InChI is InChI=1S/C19H25N/c1-15(2)18-9-11-19(12-10-18)16(3)20-14-13-17-7-5-4-6-8-17/h4-12,15-16,20H,13-14H2,1-3H3. The van der Waals surface area contributed by atoms with Gasteiger partial charge < -0.3 is 5.32 Å². The van der Waals surface area contributed by atoms with Crippen LogP contribution in [0.15, 0.2) is 54.6 Å². The first kappa shape index (κ1) is 14.8. The molecule has 0 radical (unpaired) electrons. The predicted molar refractivity (Wildman–Crippen MR) is 87.1 cm³/mol. The summed E-state index contributed by atoms with van der Waals surface area (Å²) in [6.07, 6.45) is 1.08. The smallest absolute Gasteiger partial charge is 0.0291 e. The molecule has 2 aromatic carbocycles. The van der Waals surface area contributed by atoms with Crippen LogP contribution in [-0.4, -0.2) is 6.54 Å². The summed E-state index contributed by atoms with van der Waals surface area (Å²) in [5.41, 5.74) is 4.16. The quantitative estimate of drug-likeness (QED) is 0.799. The highest BCUT2D eigenvalue weighted by Crippen LogP contribution is 2.18. The number of benzene rings is 2. The Morgan fingerprint density at radius 3 is 2.00 bits per heavy atom. The first-order valence-electron chi connectivity index (χ1n) is 7.54. The zero-order valence-corrected chi connectivity index (χ0v) is 12.8. The molecule has 2 rings (SSSR count). The van der Waals surface area contributed by atoms with E-state index in [1.165, 1.54) is 16.7 Å². The molecule has 0 heterocycles. The Morgan fingerprint density at radius 2 is 1.40 bits per heavy atom. The van der Waals surface area contributed by atoms with E-state index in [0.29, 0.717) is 12.0 Å². The molecule has 0 spiro atoms. The summed E-state index contributed by atoms with van der Waals surface area (Å²) in [7, 11) is 0. The van der Waals surface area contributed by atoms with E-state index in [0.717, 1.165) is 13.0 Å². The molecular weight excluding hydrogens is 242 g/mol. The van der Waals surface area contributed by atoms with Gasteiger partial charge in [-0.25, -0.2) is 0 Å². The van der Waals surface area contributed by atoms with Crippen molar-refractivity contribution in [2.75, 3.05) is 6.54 Å². The average Bonchev–Trinajstić information content (AvgIpc) is 2.48. The van der Waals surface area contributed by atoms with Crippen molar-refractivity contribution < 1.29 is 0 Å². The molecule has 0 amide bonds. The zero-order chi connectivity index (χ0) is 14.4. The first-order valence-corrected chi connectivity index (χ1v) is 7.54. The maximum absolute atomic E-state index is 3.60. The van der Waals surface area contributed by atoms with Gasteiger partial charge in [0.25, 0.3) is 0 Å². The first-order chi connectivity index (χ1) is 9.66. The Balaban J connectivity index is 1.84. The molecule has 0 saturated carbocycles. The Kier molecular flexibility index (Phi) is 5.37. The van der Waals surface area contributed by atoms with Gasteiger partial charge >= 0.3 is 0 Å². The van der Waals surface area contributed by atoms with Crippen molar-refractivity contribution in [2.45, 2.75) is 39.2 Å². The molecule has 0 aliphatic heterocycles. The molecule has 2 aromatic rings. The van der Waals surface area contributed by atoms with Crippen LogP contribution in [0.4, 0.5) is 0 Å². The van der Waals surface area contributed by atoms with Crippen molar-refractivity contribution in [1.82, 2.24) is 5.32 Å². The lowest BCUT2D eigenvalue weighted by atomic mass is 9.99. The van der Waals surface area contributed by atoms with E-state index in [1.807, 2.05) is 0 Å². The van der Waals surface area contributed by atoms with Gasteiger partial charge in [-0.3, -0.25) is 0 Å². The Morgan fingerprint density at radius 1 is 0.800 bits per heavy atom. The molecule has 0 bridgehead atoms. The maximum Gasteiger partial charge on any atom is 0.0291 e. The molecule has 20 heavy (non-hydrogen) atoms. The number of nitrogens with one attached hydrogen (secondary N) is 1. The van der Waals surface area contributed by atoms with Crippen molar-refractivity contribution in [3.63, 3.8) is 0 Å². The fourth-order valence-corrected chi connectivity index (χ4v) is 2.37. The lowest BCUT2D eigenvalue weighted by molar-refractivity contribution is 0.576. The molecule has 0 aliphatic carbocycles. The molecule has 0 aromatic heterocycles. The van der Waals surface area contributed by atoms with Crippen LogP contribution in [-0.2, 0) is 6.42 Å². The van der Waals surface area contributed by atoms with Crippen LogP contribution in [0.1, 0.15) is 49.4 Å². The fraction of sp³-hybridized carbons (Fsp3) is 0.368. The average molecular weight is 267 g/mol. The molecular formula is C19H25N. The predicted octanol–water partition coefficient (Wildman–Crippen LogP) is 4.70. The highest BCUT2D eigenvalue weighted by molar-refractivity contribution is 5.26. The van der Waals surface area contributed by atoms with Gasteiger partial charge in [0.15, 0.2) is 0 Å². The maximum atomic E-state index is 3.60.